The molecule has 2 aromatic carbocycles. The number of rotatable bonds is 7. The van der Waals surface area contributed by atoms with E-state index in [9.17, 15) is 5.11 Å². The lowest BCUT2D eigenvalue weighted by Crippen LogP contribution is -2.45. The zero-order valence-electron chi connectivity index (χ0n) is 12.6. The highest BCUT2D eigenvalue weighted by Crippen LogP contribution is 2.16. The minimum absolute atomic E-state index is 0.177. The lowest BCUT2D eigenvalue weighted by atomic mass is 9.99. The average Bonchev–Trinajstić information content (AvgIpc) is 2.47. The van der Waals surface area contributed by atoms with Gasteiger partial charge in [0.25, 0.3) is 0 Å². The van der Waals surface area contributed by atoms with E-state index >= 15 is 0 Å². The van der Waals surface area contributed by atoms with E-state index in [0.717, 1.165) is 11.3 Å². The Balaban J connectivity index is 1.91. The zero-order chi connectivity index (χ0) is 15.1. The van der Waals surface area contributed by atoms with Gasteiger partial charge >= 0.3 is 0 Å². The molecule has 0 amide bonds. The van der Waals surface area contributed by atoms with Crippen molar-refractivity contribution in [1.29, 1.82) is 0 Å². The van der Waals surface area contributed by atoms with Gasteiger partial charge in [-0.3, -0.25) is 0 Å². The maximum absolute atomic E-state index is 10.3. The number of nitrogens with one attached hydrogen (secondary N) is 1. The molecule has 3 nitrogen and oxygen atoms in total. The number of aliphatic hydroxyl groups is 1. The summed E-state index contributed by atoms with van der Waals surface area (Å²) in [4.78, 5) is 0. The molecule has 1 atom stereocenters. The summed E-state index contributed by atoms with van der Waals surface area (Å²) in [5.74, 6) is 0. The average molecular weight is 285 g/mol. The van der Waals surface area contributed by atoms with Crippen molar-refractivity contribution in [3.8, 4) is 0 Å². The first-order valence-corrected chi connectivity index (χ1v) is 7.21. The number of para-hydroxylation sites is 1. The Morgan fingerprint density at radius 3 is 2.14 bits per heavy atom. The van der Waals surface area contributed by atoms with E-state index in [1.165, 1.54) is 0 Å². The van der Waals surface area contributed by atoms with Crippen molar-refractivity contribution < 1.29 is 9.84 Å². The normalized spacial score (nSPS) is 12.9. The Labute approximate surface area is 126 Å². The first kappa shape index (κ1) is 15.5. The van der Waals surface area contributed by atoms with Crippen LogP contribution in [0.1, 0.15) is 19.4 Å². The van der Waals surface area contributed by atoms with E-state index in [4.69, 9.17) is 4.74 Å². The van der Waals surface area contributed by atoms with Crippen LogP contribution in [-0.4, -0.2) is 23.4 Å². The summed E-state index contributed by atoms with van der Waals surface area (Å²) in [6.07, 6.45) is 0. The van der Waals surface area contributed by atoms with E-state index in [1.54, 1.807) is 13.8 Å². The standard InChI is InChI=1S/C18H23NO2/c1-18(2,20)17(19-16-11-7-4-8-12-16)14-21-13-15-9-5-3-6-10-15/h3-12,17,19-20H,13-14H2,1-2H3. The van der Waals surface area contributed by atoms with Crippen LogP contribution in [0.5, 0.6) is 0 Å². The molecule has 0 aliphatic heterocycles. The second-order valence-electron chi connectivity index (χ2n) is 5.72. The molecule has 2 rings (SSSR count). The lowest BCUT2D eigenvalue weighted by molar-refractivity contribution is 0.0111. The zero-order valence-corrected chi connectivity index (χ0v) is 12.6. The molecular formula is C18H23NO2. The van der Waals surface area contributed by atoms with Gasteiger partial charge in [-0.2, -0.15) is 0 Å². The Morgan fingerprint density at radius 1 is 1.00 bits per heavy atom. The first-order valence-electron chi connectivity index (χ1n) is 7.21. The van der Waals surface area contributed by atoms with E-state index in [1.807, 2.05) is 60.7 Å². The molecule has 0 saturated carbocycles. The van der Waals surface area contributed by atoms with Crippen molar-refractivity contribution in [2.45, 2.75) is 32.1 Å². The van der Waals surface area contributed by atoms with Crippen LogP contribution in [0, 0.1) is 0 Å². The van der Waals surface area contributed by atoms with Gasteiger partial charge in [0.1, 0.15) is 0 Å². The fourth-order valence-corrected chi connectivity index (χ4v) is 2.03. The summed E-state index contributed by atoms with van der Waals surface area (Å²) in [6, 6.07) is 19.7. The SMILES string of the molecule is CC(C)(O)C(COCc1ccccc1)Nc1ccccc1. The Kier molecular flexibility index (Phi) is 5.37. The molecule has 0 saturated heterocycles. The second kappa shape index (κ2) is 7.25. The minimum atomic E-state index is -0.869. The minimum Gasteiger partial charge on any atom is -0.388 e. The molecule has 0 spiro atoms. The van der Waals surface area contributed by atoms with Crippen molar-refractivity contribution in [3.63, 3.8) is 0 Å². The van der Waals surface area contributed by atoms with Gasteiger partial charge in [-0.25, -0.2) is 0 Å². The highest BCUT2D eigenvalue weighted by Gasteiger charge is 2.26. The molecule has 21 heavy (non-hydrogen) atoms. The van der Waals surface area contributed by atoms with Gasteiger partial charge in [0, 0.05) is 5.69 Å². The van der Waals surface area contributed by atoms with E-state index in [-0.39, 0.29) is 6.04 Å². The molecule has 0 aliphatic rings. The smallest absolute Gasteiger partial charge is 0.0814 e. The van der Waals surface area contributed by atoms with Crippen LogP contribution in [0.3, 0.4) is 0 Å². The molecule has 1 unspecified atom stereocenters. The third-order valence-corrected chi connectivity index (χ3v) is 3.36. The third-order valence-electron chi connectivity index (χ3n) is 3.36. The fourth-order valence-electron chi connectivity index (χ4n) is 2.03. The van der Waals surface area contributed by atoms with Gasteiger partial charge in [0.15, 0.2) is 0 Å². The van der Waals surface area contributed by atoms with Crippen LogP contribution in [0.15, 0.2) is 60.7 Å². The largest absolute Gasteiger partial charge is 0.388 e. The molecule has 2 N–H and O–H groups in total. The summed E-state index contributed by atoms with van der Waals surface area (Å²) >= 11 is 0. The molecule has 0 fully saturated rings. The molecule has 0 bridgehead atoms. The summed E-state index contributed by atoms with van der Waals surface area (Å²) in [6.45, 7) is 4.57. The van der Waals surface area contributed by atoms with Gasteiger partial charge in [0.05, 0.1) is 24.9 Å². The number of hydrogen-bond acceptors (Lipinski definition) is 3. The highest BCUT2D eigenvalue weighted by atomic mass is 16.5. The van der Waals surface area contributed by atoms with E-state index in [2.05, 4.69) is 5.32 Å². The summed E-state index contributed by atoms with van der Waals surface area (Å²) in [5.41, 5.74) is 1.24. The van der Waals surface area contributed by atoms with Gasteiger partial charge in [0.2, 0.25) is 0 Å². The Morgan fingerprint density at radius 2 is 1.57 bits per heavy atom. The lowest BCUT2D eigenvalue weighted by Gasteiger charge is -2.31. The van der Waals surface area contributed by atoms with Crippen LogP contribution < -0.4 is 5.32 Å². The molecule has 0 heterocycles. The number of hydrogen-bond donors (Lipinski definition) is 2. The maximum Gasteiger partial charge on any atom is 0.0814 e. The molecule has 2 aromatic rings. The van der Waals surface area contributed by atoms with Crippen LogP contribution in [0.25, 0.3) is 0 Å². The van der Waals surface area contributed by atoms with Crippen molar-refractivity contribution in [2.75, 3.05) is 11.9 Å². The van der Waals surface area contributed by atoms with Crippen LogP contribution in [0.2, 0.25) is 0 Å². The molecular weight excluding hydrogens is 262 g/mol. The molecule has 3 heteroatoms. The Hall–Kier alpha value is -1.84. The van der Waals surface area contributed by atoms with Gasteiger partial charge in [-0.05, 0) is 31.5 Å². The second-order valence-corrected chi connectivity index (χ2v) is 5.72. The first-order chi connectivity index (χ1) is 10.1. The maximum atomic E-state index is 10.3. The van der Waals surface area contributed by atoms with Crippen LogP contribution in [-0.2, 0) is 11.3 Å². The summed E-state index contributed by atoms with van der Waals surface area (Å²) in [7, 11) is 0. The topological polar surface area (TPSA) is 41.5 Å². The fraction of sp³-hybridized carbons (Fsp3) is 0.333. The number of benzene rings is 2. The number of ether oxygens (including phenoxy) is 1. The number of anilines is 1. The molecule has 0 aromatic heterocycles. The molecule has 0 radical (unpaired) electrons. The molecule has 112 valence electrons. The van der Waals surface area contributed by atoms with Crippen molar-refractivity contribution in [3.05, 3.63) is 66.2 Å². The van der Waals surface area contributed by atoms with E-state index in [0.29, 0.717) is 13.2 Å². The predicted octanol–water partition coefficient (Wildman–Crippen LogP) is 3.45. The molecule has 0 aliphatic carbocycles. The van der Waals surface area contributed by atoms with Gasteiger partial charge in [-0.15, -0.1) is 0 Å². The van der Waals surface area contributed by atoms with Crippen LogP contribution in [0.4, 0.5) is 5.69 Å². The quantitative estimate of drug-likeness (QED) is 0.818. The van der Waals surface area contributed by atoms with E-state index < -0.39 is 5.60 Å². The highest BCUT2D eigenvalue weighted by molar-refractivity contribution is 5.44. The van der Waals surface area contributed by atoms with Crippen molar-refractivity contribution >= 4 is 5.69 Å². The third kappa shape index (κ3) is 5.21. The summed E-state index contributed by atoms with van der Waals surface area (Å²) < 4.78 is 5.76. The Bertz CT molecular complexity index is 520. The van der Waals surface area contributed by atoms with Gasteiger partial charge < -0.3 is 15.2 Å². The monoisotopic (exact) mass is 285 g/mol. The predicted molar refractivity (Wildman–Crippen MR) is 86.2 cm³/mol. The summed E-state index contributed by atoms with van der Waals surface area (Å²) in [5, 5.41) is 13.6. The van der Waals surface area contributed by atoms with Crippen molar-refractivity contribution in [1.82, 2.24) is 0 Å². The van der Waals surface area contributed by atoms with Gasteiger partial charge in [-0.1, -0.05) is 48.5 Å². The van der Waals surface area contributed by atoms with Crippen LogP contribution >= 0.6 is 0 Å². The van der Waals surface area contributed by atoms with Crippen molar-refractivity contribution in [2.24, 2.45) is 0 Å².